The number of tetrazole rings is 1. The molecule has 8 atom stereocenters. The third-order valence-electron chi connectivity index (χ3n) is 11.2. The molecule has 0 bridgehead atoms. The van der Waals surface area contributed by atoms with E-state index in [0.717, 1.165) is 43.9 Å². The van der Waals surface area contributed by atoms with Gasteiger partial charge in [-0.25, -0.2) is 4.68 Å². The lowest BCUT2D eigenvalue weighted by Gasteiger charge is -2.63. The zero-order chi connectivity index (χ0) is 24.1. The van der Waals surface area contributed by atoms with Crippen molar-refractivity contribution in [2.75, 3.05) is 13.2 Å². The average molecular weight is 473 g/mol. The van der Waals surface area contributed by atoms with Crippen LogP contribution in [0, 0.1) is 47.3 Å². The first-order valence-electron chi connectivity index (χ1n) is 13.8. The molecule has 0 aliphatic heterocycles. The van der Waals surface area contributed by atoms with Crippen LogP contribution in [0.4, 0.5) is 0 Å². The van der Waals surface area contributed by atoms with E-state index < -0.39 is 5.60 Å². The molecule has 4 aliphatic carbocycles. The van der Waals surface area contributed by atoms with Crippen LogP contribution in [-0.2, 0) is 16.1 Å². The smallest absolute Gasteiger partial charge is 0.158 e. The number of aryl methyl sites for hydroxylation is 1. The Morgan fingerprint density at radius 1 is 1.12 bits per heavy atom. The minimum atomic E-state index is -0.644. The van der Waals surface area contributed by atoms with E-state index in [1.807, 2.05) is 13.8 Å². The second kappa shape index (κ2) is 8.95. The van der Waals surface area contributed by atoms with Crippen LogP contribution in [0.5, 0.6) is 0 Å². The van der Waals surface area contributed by atoms with Gasteiger partial charge in [0.15, 0.2) is 5.78 Å². The molecule has 0 radical (unpaired) electrons. The third kappa shape index (κ3) is 3.76. The van der Waals surface area contributed by atoms with Gasteiger partial charge >= 0.3 is 0 Å². The summed E-state index contributed by atoms with van der Waals surface area (Å²) in [6.07, 6.45) is 11.2. The van der Waals surface area contributed by atoms with Crippen molar-refractivity contribution in [3.05, 3.63) is 5.82 Å². The van der Waals surface area contributed by atoms with Crippen molar-refractivity contribution in [2.45, 2.75) is 104 Å². The van der Waals surface area contributed by atoms with Gasteiger partial charge in [0.2, 0.25) is 0 Å². The summed E-state index contributed by atoms with van der Waals surface area (Å²) in [5.74, 6) is 3.85. The summed E-state index contributed by atoms with van der Waals surface area (Å²) in [5, 5.41) is 23.0. The molecule has 1 aromatic rings. The van der Waals surface area contributed by atoms with Crippen LogP contribution < -0.4 is 0 Å². The highest BCUT2D eigenvalue weighted by Crippen LogP contribution is 2.69. The molecule has 7 heteroatoms. The fourth-order valence-corrected chi connectivity index (χ4v) is 9.44. The number of aromatic nitrogens is 4. The maximum atomic E-state index is 13.4. The van der Waals surface area contributed by atoms with Crippen LogP contribution >= 0.6 is 0 Å². The SMILES string of the molecule is CCOC[C@@]1(O)CC[C@@]2(CC)[C@@H](CC[C@H]3[C@@H]4CC[C@H](C(=O)Cn5nnnc5C)[C@@]4(C)CC[C@@H]32)C1. The van der Waals surface area contributed by atoms with Gasteiger partial charge in [0.05, 0.1) is 12.2 Å². The average Bonchev–Trinajstić information content (AvgIpc) is 3.39. The van der Waals surface area contributed by atoms with Crippen molar-refractivity contribution >= 4 is 5.78 Å². The first-order chi connectivity index (χ1) is 16.3. The minimum absolute atomic E-state index is 0.103. The fourth-order valence-electron chi connectivity index (χ4n) is 9.44. The Bertz CT molecular complexity index is 904. The van der Waals surface area contributed by atoms with Gasteiger partial charge in [0, 0.05) is 12.5 Å². The summed E-state index contributed by atoms with van der Waals surface area (Å²) in [6.45, 7) is 10.1. The monoisotopic (exact) mass is 472 g/mol. The maximum Gasteiger partial charge on any atom is 0.158 e. The highest BCUT2D eigenvalue weighted by atomic mass is 16.5. The van der Waals surface area contributed by atoms with E-state index in [1.165, 1.54) is 32.1 Å². The molecular weight excluding hydrogens is 428 g/mol. The molecule has 0 saturated heterocycles. The Morgan fingerprint density at radius 3 is 2.65 bits per heavy atom. The fraction of sp³-hybridized carbons (Fsp3) is 0.926. The summed E-state index contributed by atoms with van der Waals surface area (Å²) in [4.78, 5) is 13.4. The number of carbonyl (C=O) groups excluding carboxylic acids is 1. The highest BCUT2D eigenvalue weighted by molar-refractivity contribution is 5.82. The van der Waals surface area contributed by atoms with E-state index in [4.69, 9.17) is 4.74 Å². The molecule has 34 heavy (non-hydrogen) atoms. The zero-order valence-electron chi connectivity index (χ0n) is 21.6. The molecule has 0 amide bonds. The molecule has 4 fully saturated rings. The van der Waals surface area contributed by atoms with Crippen molar-refractivity contribution < 1.29 is 14.6 Å². The number of carbonyl (C=O) groups is 1. The second-order valence-electron chi connectivity index (χ2n) is 12.3. The Hall–Kier alpha value is -1.34. The van der Waals surface area contributed by atoms with Crippen LogP contribution in [0.1, 0.15) is 90.8 Å². The number of rotatable bonds is 7. The highest BCUT2D eigenvalue weighted by Gasteiger charge is 2.62. The first kappa shape index (κ1) is 24.4. The largest absolute Gasteiger partial charge is 0.387 e. The van der Waals surface area contributed by atoms with Crippen molar-refractivity contribution in [2.24, 2.45) is 40.4 Å². The van der Waals surface area contributed by atoms with Crippen molar-refractivity contribution in [3.8, 4) is 0 Å². The lowest BCUT2D eigenvalue weighted by atomic mass is 9.42. The zero-order valence-corrected chi connectivity index (χ0v) is 21.6. The van der Waals surface area contributed by atoms with Crippen molar-refractivity contribution in [1.82, 2.24) is 20.2 Å². The van der Waals surface area contributed by atoms with Crippen LogP contribution in [-0.4, -0.2) is 49.9 Å². The molecule has 7 nitrogen and oxygen atoms in total. The molecular formula is C27H44N4O3. The lowest BCUT2D eigenvalue weighted by molar-refractivity contribution is -0.173. The molecule has 4 saturated carbocycles. The molecule has 4 aliphatic rings. The van der Waals surface area contributed by atoms with Gasteiger partial charge in [-0.1, -0.05) is 13.8 Å². The predicted molar refractivity (Wildman–Crippen MR) is 129 cm³/mol. The van der Waals surface area contributed by atoms with E-state index in [-0.39, 0.29) is 11.3 Å². The Morgan fingerprint density at radius 2 is 1.94 bits per heavy atom. The molecule has 0 unspecified atom stereocenters. The summed E-state index contributed by atoms with van der Waals surface area (Å²) in [5.41, 5.74) is -0.185. The molecule has 1 N–H and O–H groups in total. The van der Waals surface area contributed by atoms with Crippen molar-refractivity contribution in [3.63, 3.8) is 0 Å². The normalized spacial score (nSPS) is 43.7. The number of ketones is 1. The Kier molecular flexibility index (Phi) is 6.41. The standard InChI is InChI=1S/C27H44N4O3/c1-5-27-14-13-26(33,17-34-6-2)15-19(27)7-8-20-21-9-10-23(25(21,4)12-11-22(20)27)24(32)16-31-18(3)28-29-30-31/h19-23,33H,5-17H2,1-4H3/t19-,20-,21-,22-,23+,25-,26+,27-/m0/s1. The number of ether oxygens (including phenoxy) is 1. The molecule has 1 heterocycles. The van der Waals surface area contributed by atoms with E-state index in [0.29, 0.717) is 48.6 Å². The van der Waals surface area contributed by atoms with Gasteiger partial charge in [-0.05, 0) is 123 Å². The number of aliphatic hydroxyl groups is 1. The molecule has 0 spiro atoms. The molecule has 0 aromatic carbocycles. The number of hydrogen-bond acceptors (Lipinski definition) is 6. The van der Waals surface area contributed by atoms with Gasteiger partial charge in [-0.2, -0.15) is 0 Å². The van der Waals surface area contributed by atoms with Crippen LogP contribution in [0.15, 0.2) is 0 Å². The number of fused-ring (bicyclic) bond motifs is 5. The summed E-state index contributed by atoms with van der Waals surface area (Å²) < 4.78 is 7.34. The Balaban J connectivity index is 1.33. The topological polar surface area (TPSA) is 90.1 Å². The molecule has 190 valence electrons. The number of nitrogens with zero attached hydrogens (tertiary/aromatic N) is 4. The summed E-state index contributed by atoms with van der Waals surface area (Å²) >= 11 is 0. The molecule has 1 aromatic heterocycles. The third-order valence-corrected chi connectivity index (χ3v) is 11.2. The van der Waals surface area contributed by atoms with Crippen LogP contribution in [0.2, 0.25) is 0 Å². The van der Waals surface area contributed by atoms with Crippen LogP contribution in [0.3, 0.4) is 0 Å². The summed E-state index contributed by atoms with van der Waals surface area (Å²) in [6, 6.07) is 0. The van der Waals surface area contributed by atoms with E-state index >= 15 is 0 Å². The number of hydrogen-bond donors (Lipinski definition) is 1. The first-order valence-corrected chi connectivity index (χ1v) is 13.8. The molecule has 5 rings (SSSR count). The maximum absolute atomic E-state index is 13.4. The predicted octanol–water partition coefficient (Wildman–Crippen LogP) is 4.37. The summed E-state index contributed by atoms with van der Waals surface area (Å²) in [7, 11) is 0. The minimum Gasteiger partial charge on any atom is -0.387 e. The Labute approximate surface area is 204 Å². The van der Waals surface area contributed by atoms with Gasteiger partial charge in [-0.3, -0.25) is 4.79 Å². The van der Waals surface area contributed by atoms with Crippen molar-refractivity contribution in [1.29, 1.82) is 0 Å². The van der Waals surface area contributed by atoms with Gasteiger partial charge in [-0.15, -0.1) is 5.10 Å². The van der Waals surface area contributed by atoms with Gasteiger partial charge in [0.25, 0.3) is 0 Å². The second-order valence-corrected chi connectivity index (χ2v) is 12.3. The van der Waals surface area contributed by atoms with E-state index in [2.05, 4.69) is 29.4 Å². The quantitative estimate of drug-likeness (QED) is 0.634. The van der Waals surface area contributed by atoms with E-state index in [1.54, 1.807) is 4.68 Å². The van der Waals surface area contributed by atoms with Gasteiger partial charge < -0.3 is 9.84 Å². The van der Waals surface area contributed by atoms with Crippen LogP contribution in [0.25, 0.3) is 0 Å². The lowest BCUT2D eigenvalue weighted by Crippen LogP contribution is -2.57. The number of Topliss-reactive ketones (excluding diaryl/α,β-unsaturated/α-hetero) is 1. The van der Waals surface area contributed by atoms with E-state index in [9.17, 15) is 9.90 Å². The van der Waals surface area contributed by atoms with Gasteiger partial charge in [0.1, 0.15) is 12.4 Å².